The van der Waals surface area contributed by atoms with E-state index in [0.29, 0.717) is 13.0 Å². The van der Waals surface area contributed by atoms with Crippen LogP contribution in [0.3, 0.4) is 0 Å². The number of carbonyl (C=O) groups is 1. The van der Waals surface area contributed by atoms with Gasteiger partial charge in [-0.25, -0.2) is 0 Å². The largest absolute Gasteiger partial charge is 0.495 e. The summed E-state index contributed by atoms with van der Waals surface area (Å²) < 4.78 is 6.20. The number of ketones is 1. The van der Waals surface area contributed by atoms with Crippen LogP contribution in [0.5, 0.6) is 5.75 Å². The van der Waals surface area contributed by atoms with Crippen LogP contribution in [0.15, 0.2) is 4.47 Å². The Bertz CT molecular complexity index is 426. The van der Waals surface area contributed by atoms with Crippen LogP contribution in [0.25, 0.3) is 0 Å². The van der Waals surface area contributed by atoms with Crippen molar-refractivity contribution < 1.29 is 9.53 Å². The topological polar surface area (TPSA) is 52.3 Å². The Labute approximate surface area is 110 Å². The second-order valence-corrected chi connectivity index (χ2v) is 4.85. The fourth-order valence-electron chi connectivity index (χ4n) is 2.00. The molecule has 1 aromatic rings. The number of rotatable bonds is 4. The molecule has 0 aliphatic rings. The minimum absolute atomic E-state index is 0.0916. The maximum absolute atomic E-state index is 12.0. The first-order chi connectivity index (χ1) is 7.95. The van der Waals surface area contributed by atoms with Gasteiger partial charge in [0, 0.05) is 12.0 Å². The van der Waals surface area contributed by atoms with Crippen LogP contribution >= 0.6 is 15.9 Å². The van der Waals surface area contributed by atoms with Gasteiger partial charge in [-0.1, -0.05) is 0 Å². The lowest BCUT2D eigenvalue weighted by molar-refractivity contribution is 0.0984. The third-order valence-electron chi connectivity index (χ3n) is 3.04. The molecule has 4 heteroatoms. The molecule has 0 aromatic heterocycles. The van der Waals surface area contributed by atoms with E-state index in [4.69, 9.17) is 10.5 Å². The highest BCUT2D eigenvalue weighted by Crippen LogP contribution is 2.37. The Morgan fingerprint density at radius 3 is 2.29 bits per heavy atom. The van der Waals surface area contributed by atoms with Crippen LogP contribution in [0.1, 0.15) is 33.5 Å². The normalized spacial score (nSPS) is 10.5. The van der Waals surface area contributed by atoms with E-state index in [2.05, 4.69) is 15.9 Å². The van der Waals surface area contributed by atoms with Crippen LogP contribution in [0.2, 0.25) is 0 Å². The molecule has 0 saturated carbocycles. The summed E-state index contributed by atoms with van der Waals surface area (Å²) in [5.41, 5.74) is 9.09. The molecule has 94 valence electrons. The summed E-state index contributed by atoms with van der Waals surface area (Å²) >= 11 is 3.49. The maximum Gasteiger partial charge on any atom is 0.164 e. The van der Waals surface area contributed by atoms with Crippen molar-refractivity contribution in [3.05, 3.63) is 26.7 Å². The van der Waals surface area contributed by atoms with Gasteiger partial charge in [-0.2, -0.15) is 0 Å². The van der Waals surface area contributed by atoms with Gasteiger partial charge in [0.1, 0.15) is 5.75 Å². The lowest BCUT2D eigenvalue weighted by Crippen LogP contribution is -2.12. The Morgan fingerprint density at radius 2 is 1.82 bits per heavy atom. The number of hydrogen-bond acceptors (Lipinski definition) is 3. The van der Waals surface area contributed by atoms with Gasteiger partial charge in [0.25, 0.3) is 0 Å². The quantitative estimate of drug-likeness (QED) is 0.870. The monoisotopic (exact) mass is 299 g/mol. The number of carbonyl (C=O) groups excluding carboxylic acids is 1. The van der Waals surface area contributed by atoms with Crippen molar-refractivity contribution in [2.75, 3.05) is 13.7 Å². The molecule has 17 heavy (non-hydrogen) atoms. The van der Waals surface area contributed by atoms with Crippen molar-refractivity contribution in [1.82, 2.24) is 0 Å². The van der Waals surface area contributed by atoms with Crippen LogP contribution in [-0.4, -0.2) is 19.4 Å². The van der Waals surface area contributed by atoms with Crippen LogP contribution in [0.4, 0.5) is 0 Å². The average Bonchev–Trinajstić information content (AvgIpc) is 2.28. The number of benzene rings is 1. The van der Waals surface area contributed by atoms with Crippen molar-refractivity contribution in [3.63, 3.8) is 0 Å². The summed E-state index contributed by atoms with van der Waals surface area (Å²) in [6.07, 6.45) is 0.375. The lowest BCUT2D eigenvalue weighted by Gasteiger charge is -2.17. The molecule has 0 atom stereocenters. The van der Waals surface area contributed by atoms with Gasteiger partial charge >= 0.3 is 0 Å². The van der Waals surface area contributed by atoms with Crippen molar-refractivity contribution >= 4 is 21.7 Å². The van der Waals surface area contributed by atoms with Crippen molar-refractivity contribution in [1.29, 1.82) is 0 Å². The van der Waals surface area contributed by atoms with Crippen molar-refractivity contribution in [3.8, 4) is 5.75 Å². The Hall–Kier alpha value is -0.870. The summed E-state index contributed by atoms with van der Waals surface area (Å²) in [5.74, 6) is 0.887. The third kappa shape index (κ3) is 2.53. The van der Waals surface area contributed by atoms with Gasteiger partial charge in [0.2, 0.25) is 0 Å². The summed E-state index contributed by atoms with van der Waals surface area (Å²) in [4.78, 5) is 12.0. The molecule has 0 fully saturated rings. The molecule has 2 N–H and O–H groups in total. The third-order valence-corrected chi connectivity index (χ3v) is 3.99. The van der Waals surface area contributed by atoms with Crippen LogP contribution in [-0.2, 0) is 0 Å². The van der Waals surface area contributed by atoms with E-state index in [9.17, 15) is 4.79 Å². The predicted molar refractivity (Wildman–Crippen MR) is 72.9 cm³/mol. The highest BCUT2D eigenvalue weighted by Gasteiger charge is 2.20. The Balaban J connectivity index is 3.48. The first-order valence-electron chi connectivity index (χ1n) is 5.52. The molecule has 0 unspecified atom stereocenters. The van der Waals surface area contributed by atoms with Crippen LogP contribution in [0, 0.1) is 20.8 Å². The highest BCUT2D eigenvalue weighted by atomic mass is 79.9. The minimum atomic E-state index is 0.0916. The molecule has 3 nitrogen and oxygen atoms in total. The number of Topliss-reactive ketones (excluding diaryl/α,β-unsaturated/α-hetero) is 1. The zero-order valence-electron chi connectivity index (χ0n) is 10.7. The summed E-state index contributed by atoms with van der Waals surface area (Å²) in [6, 6.07) is 0. The standard InChI is InChI=1S/C13H18BrNO2/c1-7-8(2)13(17-4)12(14)9(3)11(7)10(16)5-6-15/h5-6,15H2,1-4H3. The molecule has 1 aromatic carbocycles. The molecule has 0 radical (unpaired) electrons. The first-order valence-corrected chi connectivity index (χ1v) is 6.31. The number of hydrogen-bond donors (Lipinski definition) is 1. The lowest BCUT2D eigenvalue weighted by atomic mass is 9.93. The molecule has 0 spiro atoms. The molecule has 1 rings (SSSR count). The molecular weight excluding hydrogens is 282 g/mol. The number of nitrogens with two attached hydrogens (primary N) is 1. The van der Waals surface area contributed by atoms with E-state index in [1.165, 1.54) is 0 Å². The van der Waals surface area contributed by atoms with E-state index >= 15 is 0 Å². The zero-order chi connectivity index (χ0) is 13.2. The van der Waals surface area contributed by atoms with Crippen molar-refractivity contribution in [2.24, 2.45) is 5.73 Å². The number of ether oxygens (including phenoxy) is 1. The zero-order valence-corrected chi connectivity index (χ0v) is 12.3. The molecule has 0 amide bonds. The van der Waals surface area contributed by atoms with E-state index in [1.807, 2.05) is 20.8 Å². The molecule has 0 saturated heterocycles. The minimum Gasteiger partial charge on any atom is -0.495 e. The number of methoxy groups -OCH3 is 1. The van der Waals surface area contributed by atoms with Crippen LogP contribution < -0.4 is 10.5 Å². The maximum atomic E-state index is 12.0. The summed E-state index contributed by atoms with van der Waals surface area (Å²) in [7, 11) is 1.63. The second kappa shape index (κ2) is 5.65. The molecule has 0 aliphatic heterocycles. The first kappa shape index (κ1) is 14.2. The van der Waals surface area contributed by atoms with E-state index in [-0.39, 0.29) is 5.78 Å². The Kier molecular flexibility index (Phi) is 4.71. The second-order valence-electron chi connectivity index (χ2n) is 4.06. The predicted octanol–water partition coefficient (Wildman–Crippen LogP) is 2.91. The summed E-state index contributed by atoms with van der Waals surface area (Å²) in [6.45, 7) is 6.20. The number of halogens is 1. The van der Waals surface area contributed by atoms with Gasteiger partial charge < -0.3 is 10.5 Å². The van der Waals surface area contributed by atoms with Gasteiger partial charge in [-0.05, 0) is 59.9 Å². The molecule has 0 bridgehead atoms. The van der Waals surface area contributed by atoms with E-state index in [1.54, 1.807) is 7.11 Å². The van der Waals surface area contributed by atoms with E-state index in [0.717, 1.165) is 32.5 Å². The van der Waals surface area contributed by atoms with Gasteiger partial charge in [-0.15, -0.1) is 0 Å². The molecule has 0 aliphatic carbocycles. The SMILES string of the molecule is COc1c(C)c(C)c(C(=O)CCN)c(C)c1Br. The average molecular weight is 300 g/mol. The van der Waals surface area contributed by atoms with Gasteiger partial charge in [0.05, 0.1) is 11.6 Å². The molecular formula is C13H18BrNO2. The van der Waals surface area contributed by atoms with Crippen molar-refractivity contribution in [2.45, 2.75) is 27.2 Å². The fourth-order valence-corrected chi connectivity index (χ4v) is 2.66. The highest BCUT2D eigenvalue weighted by molar-refractivity contribution is 9.10. The van der Waals surface area contributed by atoms with Gasteiger partial charge in [-0.3, -0.25) is 4.79 Å². The van der Waals surface area contributed by atoms with E-state index < -0.39 is 0 Å². The Morgan fingerprint density at radius 1 is 1.24 bits per heavy atom. The van der Waals surface area contributed by atoms with Gasteiger partial charge in [0.15, 0.2) is 5.78 Å². The fraction of sp³-hybridized carbons (Fsp3) is 0.462. The summed E-state index contributed by atoms with van der Waals surface area (Å²) in [5, 5.41) is 0. The molecule has 0 heterocycles. The smallest absolute Gasteiger partial charge is 0.164 e.